The van der Waals surface area contributed by atoms with Crippen LogP contribution in [0.15, 0.2) is 42.5 Å². The van der Waals surface area contributed by atoms with Crippen LogP contribution in [0, 0.1) is 0 Å². The molecule has 0 aromatic heterocycles. The summed E-state index contributed by atoms with van der Waals surface area (Å²) in [6.45, 7) is 0. The molecule has 1 heterocycles. The van der Waals surface area contributed by atoms with E-state index in [4.69, 9.17) is 14.2 Å². The molecule has 1 aliphatic heterocycles. The van der Waals surface area contributed by atoms with Gasteiger partial charge in [-0.05, 0) is 60.9 Å². The van der Waals surface area contributed by atoms with E-state index in [-0.39, 0.29) is 11.9 Å². The van der Waals surface area contributed by atoms with Gasteiger partial charge in [-0.15, -0.1) is 0 Å². The molecule has 0 saturated heterocycles. The second-order valence-corrected chi connectivity index (χ2v) is 5.67. The standard InChI is InChI=1S/C19H19NO5/c1-23-15-7-3-12(4-8-15)18(21)20-14-6-10-16-13(11-14)5-9-17(25-16)19(22)24-2/h3-4,6-8,10-11,17H,5,9H2,1-2H3,(H,20,21). The van der Waals surface area contributed by atoms with E-state index in [1.54, 1.807) is 43.5 Å². The molecule has 6 nitrogen and oxygen atoms in total. The van der Waals surface area contributed by atoms with Gasteiger partial charge >= 0.3 is 5.97 Å². The van der Waals surface area contributed by atoms with Crippen molar-refractivity contribution in [3.8, 4) is 11.5 Å². The Morgan fingerprint density at radius 1 is 1.12 bits per heavy atom. The van der Waals surface area contributed by atoms with Crippen LogP contribution in [0.5, 0.6) is 11.5 Å². The first kappa shape index (κ1) is 16.8. The van der Waals surface area contributed by atoms with Gasteiger partial charge in [0, 0.05) is 11.3 Å². The molecule has 0 aliphatic carbocycles. The van der Waals surface area contributed by atoms with Crippen molar-refractivity contribution in [2.45, 2.75) is 18.9 Å². The lowest BCUT2D eigenvalue weighted by Crippen LogP contribution is -2.32. The highest BCUT2D eigenvalue weighted by atomic mass is 16.6. The maximum Gasteiger partial charge on any atom is 0.347 e. The van der Waals surface area contributed by atoms with Gasteiger partial charge in [0.1, 0.15) is 11.5 Å². The first-order chi connectivity index (χ1) is 12.1. The predicted molar refractivity (Wildman–Crippen MR) is 92.1 cm³/mol. The van der Waals surface area contributed by atoms with E-state index in [1.807, 2.05) is 6.07 Å². The molecule has 0 radical (unpaired) electrons. The quantitative estimate of drug-likeness (QED) is 0.866. The lowest BCUT2D eigenvalue weighted by atomic mass is 10.0. The number of hydrogen-bond donors (Lipinski definition) is 1. The minimum absolute atomic E-state index is 0.202. The lowest BCUT2D eigenvalue weighted by Gasteiger charge is -2.24. The van der Waals surface area contributed by atoms with Crippen LogP contribution in [0.2, 0.25) is 0 Å². The van der Waals surface area contributed by atoms with Crippen molar-refractivity contribution in [1.82, 2.24) is 0 Å². The van der Waals surface area contributed by atoms with Gasteiger partial charge in [0.25, 0.3) is 5.91 Å². The zero-order chi connectivity index (χ0) is 17.8. The molecule has 6 heteroatoms. The van der Waals surface area contributed by atoms with E-state index in [1.165, 1.54) is 7.11 Å². The molecule has 1 atom stereocenters. The van der Waals surface area contributed by atoms with Gasteiger partial charge in [0.05, 0.1) is 14.2 Å². The van der Waals surface area contributed by atoms with Crippen LogP contribution >= 0.6 is 0 Å². The number of nitrogens with one attached hydrogen (secondary N) is 1. The smallest absolute Gasteiger partial charge is 0.347 e. The predicted octanol–water partition coefficient (Wildman–Crippen LogP) is 2.81. The van der Waals surface area contributed by atoms with Crippen molar-refractivity contribution in [2.75, 3.05) is 19.5 Å². The van der Waals surface area contributed by atoms with E-state index in [0.29, 0.717) is 35.6 Å². The van der Waals surface area contributed by atoms with Crippen molar-refractivity contribution in [2.24, 2.45) is 0 Å². The first-order valence-corrected chi connectivity index (χ1v) is 7.93. The number of carbonyl (C=O) groups excluding carboxylic acids is 2. The number of rotatable bonds is 4. The Morgan fingerprint density at radius 3 is 2.56 bits per heavy atom. The third-order valence-electron chi connectivity index (χ3n) is 4.08. The van der Waals surface area contributed by atoms with Gasteiger partial charge in [-0.1, -0.05) is 0 Å². The lowest BCUT2D eigenvalue weighted by molar-refractivity contribution is -0.149. The van der Waals surface area contributed by atoms with Gasteiger partial charge < -0.3 is 19.5 Å². The summed E-state index contributed by atoms with van der Waals surface area (Å²) in [5.74, 6) is 0.765. The SMILES string of the molecule is COC(=O)C1CCc2cc(NC(=O)c3ccc(OC)cc3)ccc2O1. The number of fused-ring (bicyclic) bond motifs is 1. The number of methoxy groups -OCH3 is 2. The Kier molecular flexibility index (Phi) is 4.88. The topological polar surface area (TPSA) is 73.9 Å². The molecule has 25 heavy (non-hydrogen) atoms. The highest BCUT2D eigenvalue weighted by Crippen LogP contribution is 2.30. The summed E-state index contributed by atoms with van der Waals surface area (Å²) in [6.07, 6.45) is 0.661. The first-order valence-electron chi connectivity index (χ1n) is 7.93. The van der Waals surface area contributed by atoms with E-state index in [9.17, 15) is 9.59 Å². The summed E-state index contributed by atoms with van der Waals surface area (Å²) in [5, 5.41) is 2.86. The second kappa shape index (κ2) is 7.25. The fraction of sp³-hybridized carbons (Fsp3) is 0.263. The van der Waals surface area contributed by atoms with Crippen LogP contribution in [0.25, 0.3) is 0 Å². The van der Waals surface area contributed by atoms with Crippen LogP contribution in [-0.2, 0) is 16.0 Å². The number of carbonyl (C=O) groups is 2. The van der Waals surface area contributed by atoms with E-state index < -0.39 is 6.10 Å². The van der Waals surface area contributed by atoms with E-state index >= 15 is 0 Å². The van der Waals surface area contributed by atoms with Gasteiger partial charge in [0.2, 0.25) is 0 Å². The average molecular weight is 341 g/mol. The summed E-state index contributed by atoms with van der Waals surface area (Å²) in [7, 11) is 2.92. The summed E-state index contributed by atoms with van der Waals surface area (Å²) < 4.78 is 15.5. The molecule has 2 aromatic rings. The van der Waals surface area contributed by atoms with Crippen LogP contribution in [0.3, 0.4) is 0 Å². The number of esters is 1. The van der Waals surface area contributed by atoms with Gasteiger partial charge in [0.15, 0.2) is 6.10 Å². The molecule has 1 aliphatic rings. The van der Waals surface area contributed by atoms with Gasteiger partial charge in [-0.25, -0.2) is 4.79 Å². The summed E-state index contributed by atoms with van der Waals surface area (Å²) in [4.78, 5) is 23.9. The Hall–Kier alpha value is -3.02. The molecule has 0 bridgehead atoms. The molecule has 2 aromatic carbocycles. The molecule has 0 fully saturated rings. The van der Waals surface area contributed by atoms with Crippen molar-refractivity contribution >= 4 is 17.6 Å². The molecule has 1 unspecified atom stereocenters. The Morgan fingerprint density at radius 2 is 1.88 bits per heavy atom. The van der Waals surface area contributed by atoms with Crippen LogP contribution in [0.1, 0.15) is 22.3 Å². The van der Waals surface area contributed by atoms with Gasteiger partial charge in [-0.2, -0.15) is 0 Å². The molecule has 0 saturated carbocycles. The van der Waals surface area contributed by atoms with Crippen LogP contribution in [0.4, 0.5) is 5.69 Å². The van der Waals surface area contributed by atoms with Crippen molar-refractivity contribution < 1.29 is 23.8 Å². The van der Waals surface area contributed by atoms with E-state index in [0.717, 1.165) is 5.56 Å². The summed E-state index contributed by atoms with van der Waals surface area (Å²) in [5.41, 5.74) is 2.17. The number of ether oxygens (including phenoxy) is 3. The Labute approximate surface area is 145 Å². The fourth-order valence-corrected chi connectivity index (χ4v) is 2.71. The molecule has 0 spiro atoms. The van der Waals surface area contributed by atoms with Gasteiger partial charge in [-0.3, -0.25) is 4.79 Å². The zero-order valence-corrected chi connectivity index (χ0v) is 14.1. The van der Waals surface area contributed by atoms with Crippen molar-refractivity contribution in [1.29, 1.82) is 0 Å². The number of aryl methyl sites for hydroxylation is 1. The average Bonchev–Trinajstić information content (AvgIpc) is 2.67. The third kappa shape index (κ3) is 3.74. The Bertz CT molecular complexity index is 785. The maximum atomic E-state index is 12.3. The van der Waals surface area contributed by atoms with E-state index in [2.05, 4.69) is 5.32 Å². The highest BCUT2D eigenvalue weighted by Gasteiger charge is 2.26. The number of hydrogen-bond acceptors (Lipinski definition) is 5. The fourth-order valence-electron chi connectivity index (χ4n) is 2.71. The number of anilines is 1. The second-order valence-electron chi connectivity index (χ2n) is 5.67. The minimum Gasteiger partial charge on any atom is -0.497 e. The Balaban J connectivity index is 1.70. The summed E-state index contributed by atoms with van der Waals surface area (Å²) >= 11 is 0. The third-order valence-corrected chi connectivity index (χ3v) is 4.08. The van der Waals surface area contributed by atoms with Crippen molar-refractivity contribution in [3.05, 3.63) is 53.6 Å². The molecular formula is C19H19NO5. The zero-order valence-electron chi connectivity index (χ0n) is 14.1. The largest absolute Gasteiger partial charge is 0.497 e. The maximum absolute atomic E-state index is 12.3. The normalized spacial score (nSPS) is 15.5. The summed E-state index contributed by atoms with van der Waals surface area (Å²) in [6, 6.07) is 12.3. The molecule has 130 valence electrons. The van der Waals surface area contributed by atoms with Crippen LogP contribution in [-0.4, -0.2) is 32.2 Å². The minimum atomic E-state index is -0.572. The molecule has 1 N–H and O–H groups in total. The van der Waals surface area contributed by atoms with Crippen LogP contribution < -0.4 is 14.8 Å². The molecular weight excluding hydrogens is 322 g/mol. The highest BCUT2D eigenvalue weighted by molar-refractivity contribution is 6.04. The number of amides is 1. The molecule has 1 amide bonds. The monoisotopic (exact) mass is 341 g/mol. The molecule has 3 rings (SSSR count). The van der Waals surface area contributed by atoms with Crippen molar-refractivity contribution in [3.63, 3.8) is 0 Å². The number of benzene rings is 2.